The first-order valence-electron chi connectivity index (χ1n) is 9.86. The molecule has 1 aliphatic heterocycles. The number of hydrogen-bond donors (Lipinski definition) is 1. The van der Waals surface area contributed by atoms with E-state index in [1.54, 1.807) is 19.1 Å². The molecule has 0 radical (unpaired) electrons. The van der Waals surface area contributed by atoms with E-state index in [0.29, 0.717) is 29.9 Å². The molecule has 1 N–H and O–H groups in total. The Bertz CT molecular complexity index is 1170. The predicted molar refractivity (Wildman–Crippen MR) is 116 cm³/mol. The number of nitrogens with one attached hydrogen (secondary N) is 1. The van der Waals surface area contributed by atoms with E-state index in [2.05, 4.69) is 5.32 Å². The summed E-state index contributed by atoms with van der Waals surface area (Å²) in [5.74, 6) is -0.324. The number of piperidine rings is 1. The van der Waals surface area contributed by atoms with Crippen molar-refractivity contribution in [3.05, 3.63) is 71.8 Å². The summed E-state index contributed by atoms with van der Waals surface area (Å²) in [6, 6.07) is 18.5. The van der Waals surface area contributed by atoms with Crippen LogP contribution in [0, 0.1) is 6.92 Å². The molecule has 5 nitrogen and oxygen atoms in total. The van der Waals surface area contributed by atoms with Crippen LogP contribution in [-0.4, -0.2) is 31.7 Å². The van der Waals surface area contributed by atoms with E-state index in [1.807, 2.05) is 42.5 Å². The van der Waals surface area contributed by atoms with E-state index >= 15 is 0 Å². The largest absolute Gasteiger partial charge is 0.322 e. The van der Waals surface area contributed by atoms with Crippen LogP contribution in [0.5, 0.6) is 0 Å². The molecular weight excluding hydrogens is 384 g/mol. The Morgan fingerprint density at radius 3 is 2.38 bits per heavy atom. The molecular formula is C23H24N2O3S. The van der Waals surface area contributed by atoms with Gasteiger partial charge in [0.15, 0.2) is 0 Å². The Kier molecular flexibility index (Phi) is 5.39. The zero-order valence-corrected chi connectivity index (χ0v) is 17.2. The quantitative estimate of drug-likeness (QED) is 0.687. The van der Waals surface area contributed by atoms with Gasteiger partial charge in [-0.15, -0.1) is 0 Å². The maximum absolute atomic E-state index is 13.1. The molecule has 0 aromatic heterocycles. The summed E-state index contributed by atoms with van der Waals surface area (Å²) >= 11 is 0. The molecule has 4 rings (SSSR count). The standard InChI is InChI=1S/C23H24N2O3S/c1-17-9-10-20(16-22(17)29(27,28)25-13-5-2-6-14-25)23(26)24-21-12-11-18-7-3-4-8-19(18)15-21/h3-4,7-12,15-16H,2,5-6,13-14H2,1H3,(H,24,26). The first-order valence-corrected chi connectivity index (χ1v) is 11.3. The van der Waals surface area contributed by atoms with Crippen LogP contribution < -0.4 is 5.32 Å². The Balaban J connectivity index is 1.61. The third-order valence-electron chi connectivity index (χ3n) is 5.39. The van der Waals surface area contributed by atoms with Crippen LogP contribution in [0.15, 0.2) is 65.6 Å². The Labute approximate surface area is 171 Å². The molecule has 6 heteroatoms. The van der Waals surface area contributed by atoms with Gasteiger partial charge in [0.1, 0.15) is 0 Å². The van der Waals surface area contributed by atoms with E-state index in [4.69, 9.17) is 0 Å². The van der Waals surface area contributed by atoms with Crippen LogP contribution in [0.3, 0.4) is 0 Å². The van der Waals surface area contributed by atoms with Gasteiger partial charge in [0.2, 0.25) is 10.0 Å². The molecule has 3 aromatic carbocycles. The van der Waals surface area contributed by atoms with Crippen molar-refractivity contribution < 1.29 is 13.2 Å². The van der Waals surface area contributed by atoms with Crippen molar-refractivity contribution in [1.29, 1.82) is 0 Å². The van der Waals surface area contributed by atoms with Crippen molar-refractivity contribution >= 4 is 32.4 Å². The molecule has 0 atom stereocenters. The van der Waals surface area contributed by atoms with E-state index in [9.17, 15) is 13.2 Å². The molecule has 1 heterocycles. The highest BCUT2D eigenvalue weighted by molar-refractivity contribution is 7.89. The first kappa shape index (κ1) is 19.6. The molecule has 0 unspecified atom stereocenters. The topological polar surface area (TPSA) is 66.5 Å². The SMILES string of the molecule is Cc1ccc(C(=O)Nc2ccc3ccccc3c2)cc1S(=O)(=O)N1CCCCC1. The number of fused-ring (bicyclic) bond motifs is 1. The van der Waals surface area contributed by atoms with Gasteiger partial charge in [-0.3, -0.25) is 4.79 Å². The van der Waals surface area contributed by atoms with Crippen molar-refractivity contribution in [1.82, 2.24) is 4.31 Å². The number of nitrogens with zero attached hydrogens (tertiary/aromatic N) is 1. The van der Waals surface area contributed by atoms with Crippen molar-refractivity contribution in [2.45, 2.75) is 31.1 Å². The molecule has 0 spiro atoms. The number of carbonyl (C=O) groups excluding carboxylic acids is 1. The van der Waals surface area contributed by atoms with Crippen molar-refractivity contribution in [2.24, 2.45) is 0 Å². The van der Waals surface area contributed by atoms with Gasteiger partial charge in [0.25, 0.3) is 5.91 Å². The molecule has 29 heavy (non-hydrogen) atoms. The molecule has 1 aliphatic rings. The number of sulfonamides is 1. The second-order valence-electron chi connectivity index (χ2n) is 7.46. The highest BCUT2D eigenvalue weighted by atomic mass is 32.2. The number of amides is 1. The molecule has 1 fully saturated rings. The summed E-state index contributed by atoms with van der Waals surface area (Å²) in [4.78, 5) is 13.0. The number of anilines is 1. The summed E-state index contributed by atoms with van der Waals surface area (Å²) in [6.07, 6.45) is 2.81. The van der Waals surface area contributed by atoms with Crippen molar-refractivity contribution in [2.75, 3.05) is 18.4 Å². The molecule has 150 valence electrons. The van der Waals surface area contributed by atoms with Crippen molar-refractivity contribution in [3.63, 3.8) is 0 Å². The number of benzene rings is 3. The van der Waals surface area contributed by atoms with Gasteiger partial charge >= 0.3 is 0 Å². The first-order chi connectivity index (χ1) is 13.9. The summed E-state index contributed by atoms with van der Waals surface area (Å²) in [5.41, 5.74) is 1.66. The smallest absolute Gasteiger partial charge is 0.255 e. The lowest BCUT2D eigenvalue weighted by atomic mass is 10.1. The fourth-order valence-corrected chi connectivity index (χ4v) is 5.50. The lowest BCUT2D eigenvalue weighted by Gasteiger charge is -2.26. The maximum atomic E-state index is 13.1. The van der Waals surface area contributed by atoms with E-state index in [1.165, 1.54) is 10.4 Å². The van der Waals surface area contributed by atoms with Crippen LogP contribution >= 0.6 is 0 Å². The number of aryl methyl sites for hydroxylation is 1. The average Bonchev–Trinajstić information content (AvgIpc) is 2.74. The molecule has 1 saturated heterocycles. The van der Waals surface area contributed by atoms with Crippen LogP contribution in [0.4, 0.5) is 5.69 Å². The lowest BCUT2D eigenvalue weighted by Crippen LogP contribution is -2.36. The minimum absolute atomic E-state index is 0.213. The fraction of sp³-hybridized carbons (Fsp3) is 0.261. The average molecular weight is 409 g/mol. The van der Waals surface area contributed by atoms with Crippen LogP contribution in [-0.2, 0) is 10.0 Å². The number of rotatable bonds is 4. The second-order valence-corrected chi connectivity index (χ2v) is 9.37. The van der Waals surface area contributed by atoms with E-state index in [0.717, 1.165) is 30.0 Å². The molecule has 0 aliphatic carbocycles. The third kappa shape index (κ3) is 4.04. The molecule has 3 aromatic rings. The molecule has 0 saturated carbocycles. The zero-order valence-electron chi connectivity index (χ0n) is 16.4. The van der Waals surface area contributed by atoms with Gasteiger partial charge < -0.3 is 5.32 Å². The lowest BCUT2D eigenvalue weighted by molar-refractivity contribution is 0.102. The van der Waals surface area contributed by atoms with Gasteiger partial charge in [-0.05, 0) is 60.4 Å². The molecule has 1 amide bonds. The van der Waals surface area contributed by atoms with Gasteiger partial charge in [-0.1, -0.05) is 42.8 Å². The molecule has 0 bridgehead atoms. The van der Waals surface area contributed by atoms with Crippen LogP contribution in [0.25, 0.3) is 10.8 Å². The number of carbonyl (C=O) groups is 1. The van der Waals surface area contributed by atoms with Crippen LogP contribution in [0.1, 0.15) is 35.2 Å². The predicted octanol–water partition coefficient (Wildman–Crippen LogP) is 4.58. The Morgan fingerprint density at radius 2 is 1.62 bits per heavy atom. The van der Waals surface area contributed by atoms with Gasteiger partial charge in [0, 0.05) is 24.3 Å². The summed E-state index contributed by atoms with van der Waals surface area (Å²) < 4.78 is 27.7. The Morgan fingerprint density at radius 1 is 0.897 bits per heavy atom. The van der Waals surface area contributed by atoms with Gasteiger partial charge in [-0.2, -0.15) is 4.31 Å². The van der Waals surface area contributed by atoms with Crippen molar-refractivity contribution in [3.8, 4) is 0 Å². The second kappa shape index (κ2) is 7.97. The summed E-state index contributed by atoms with van der Waals surface area (Å²) in [7, 11) is -3.60. The Hall–Kier alpha value is -2.70. The summed E-state index contributed by atoms with van der Waals surface area (Å²) in [5, 5.41) is 5.00. The number of hydrogen-bond acceptors (Lipinski definition) is 3. The minimum Gasteiger partial charge on any atom is -0.322 e. The minimum atomic E-state index is -3.60. The van der Waals surface area contributed by atoms with Gasteiger partial charge in [-0.25, -0.2) is 8.42 Å². The monoisotopic (exact) mass is 408 g/mol. The van der Waals surface area contributed by atoms with E-state index in [-0.39, 0.29) is 10.8 Å². The third-order valence-corrected chi connectivity index (χ3v) is 7.43. The summed E-state index contributed by atoms with van der Waals surface area (Å²) in [6.45, 7) is 2.84. The fourth-order valence-electron chi connectivity index (χ4n) is 3.73. The highest BCUT2D eigenvalue weighted by Gasteiger charge is 2.28. The van der Waals surface area contributed by atoms with Gasteiger partial charge in [0.05, 0.1) is 4.90 Å². The van der Waals surface area contributed by atoms with E-state index < -0.39 is 10.0 Å². The maximum Gasteiger partial charge on any atom is 0.255 e. The zero-order chi connectivity index (χ0) is 20.4. The highest BCUT2D eigenvalue weighted by Crippen LogP contribution is 2.25. The normalized spacial score (nSPS) is 15.3. The van der Waals surface area contributed by atoms with Crippen LogP contribution in [0.2, 0.25) is 0 Å².